The minimum absolute atomic E-state index is 0. The quantitative estimate of drug-likeness (QED) is 0.784. The van der Waals surface area contributed by atoms with Crippen LogP contribution < -0.4 is 5.32 Å². The summed E-state index contributed by atoms with van der Waals surface area (Å²) in [7, 11) is 0. The van der Waals surface area contributed by atoms with Gasteiger partial charge in [-0.05, 0) is 19.1 Å². The number of nitrogens with zero attached hydrogens (tertiary/aromatic N) is 2. The summed E-state index contributed by atoms with van der Waals surface area (Å²) in [6.07, 6.45) is -4.40. The Kier molecular flexibility index (Phi) is 7.88. The SMILES string of the molecule is CC1CNCCN1C(=O)c1csc(-c2cccc(C(F)(F)F)c2)n1.Cl.Cl. The Balaban J connectivity index is 0.00000169. The van der Waals surface area contributed by atoms with E-state index in [0.29, 0.717) is 17.1 Å². The van der Waals surface area contributed by atoms with Gasteiger partial charge in [0.15, 0.2) is 0 Å². The van der Waals surface area contributed by atoms with Crippen LogP contribution in [-0.2, 0) is 6.18 Å². The van der Waals surface area contributed by atoms with Gasteiger partial charge in [-0.3, -0.25) is 4.79 Å². The molecule has 2 aromatic rings. The Morgan fingerprint density at radius 2 is 2.08 bits per heavy atom. The Morgan fingerprint density at radius 3 is 2.73 bits per heavy atom. The molecule has 1 aliphatic rings. The molecular formula is C16H18Cl2F3N3OS. The lowest BCUT2D eigenvalue weighted by Gasteiger charge is -2.33. The number of aromatic nitrogens is 1. The largest absolute Gasteiger partial charge is 0.416 e. The summed E-state index contributed by atoms with van der Waals surface area (Å²) in [6.45, 7) is 3.98. The van der Waals surface area contributed by atoms with Crippen LogP contribution >= 0.6 is 36.2 Å². The van der Waals surface area contributed by atoms with Crippen LogP contribution in [0.4, 0.5) is 13.2 Å². The van der Waals surface area contributed by atoms with Gasteiger partial charge in [0.25, 0.3) is 5.91 Å². The molecule has 0 aliphatic carbocycles. The normalized spacial score (nSPS) is 17.2. The first kappa shape index (κ1) is 22.7. The van der Waals surface area contributed by atoms with Crippen LogP contribution in [0.5, 0.6) is 0 Å². The highest BCUT2D eigenvalue weighted by Gasteiger charge is 2.31. The van der Waals surface area contributed by atoms with E-state index < -0.39 is 11.7 Å². The zero-order valence-corrected chi connectivity index (χ0v) is 16.2. The summed E-state index contributed by atoms with van der Waals surface area (Å²) in [5.74, 6) is -0.182. The van der Waals surface area contributed by atoms with E-state index in [0.717, 1.165) is 25.2 Å². The van der Waals surface area contributed by atoms with Crippen LogP contribution in [0.3, 0.4) is 0 Å². The molecule has 26 heavy (non-hydrogen) atoms. The van der Waals surface area contributed by atoms with Crippen molar-refractivity contribution in [1.82, 2.24) is 15.2 Å². The van der Waals surface area contributed by atoms with Crippen LogP contribution in [0.1, 0.15) is 23.0 Å². The molecule has 1 amide bonds. The Hall–Kier alpha value is -1.35. The molecule has 1 N–H and O–H groups in total. The highest BCUT2D eigenvalue weighted by molar-refractivity contribution is 7.13. The van der Waals surface area contributed by atoms with Gasteiger partial charge in [-0.2, -0.15) is 13.2 Å². The number of halogens is 5. The molecular weight excluding hydrogens is 410 g/mol. The van der Waals surface area contributed by atoms with Gasteiger partial charge in [-0.1, -0.05) is 12.1 Å². The molecule has 1 atom stereocenters. The Labute approximate surface area is 165 Å². The number of benzene rings is 1. The van der Waals surface area contributed by atoms with Crippen molar-refractivity contribution in [3.8, 4) is 10.6 Å². The van der Waals surface area contributed by atoms with E-state index in [1.54, 1.807) is 16.3 Å². The van der Waals surface area contributed by atoms with Crippen molar-refractivity contribution in [3.05, 3.63) is 40.9 Å². The lowest BCUT2D eigenvalue weighted by molar-refractivity contribution is -0.137. The van der Waals surface area contributed by atoms with Gasteiger partial charge in [0.2, 0.25) is 0 Å². The molecule has 1 aromatic carbocycles. The van der Waals surface area contributed by atoms with Crippen LogP contribution in [-0.4, -0.2) is 41.5 Å². The first-order chi connectivity index (χ1) is 11.4. The predicted molar refractivity (Wildman–Crippen MR) is 100 cm³/mol. The van der Waals surface area contributed by atoms with Gasteiger partial charge in [0, 0.05) is 36.6 Å². The molecule has 0 saturated carbocycles. The maximum absolute atomic E-state index is 12.8. The topological polar surface area (TPSA) is 45.2 Å². The third-order valence-electron chi connectivity index (χ3n) is 3.92. The highest BCUT2D eigenvalue weighted by Crippen LogP contribution is 2.33. The van der Waals surface area contributed by atoms with E-state index in [9.17, 15) is 18.0 Å². The second-order valence-electron chi connectivity index (χ2n) is 5.67. The summed E-state index contributed by atoms with van der Waals surface area (Å²) in [6, 6.07) is 5.05. The Morgan fingerprint density at radius 1 is 1.35 bits per heavy atom. The standard InChI is InChI=1S/C16H16F3N3OS.2ClH/c1-10-8-20-5-6-22(10)15(23)13-9-24-14(21-13)11-3-2-4-12(7-11)16(17,18)19;;/h2-4,7,9-10,20H,5-6,8H2,1H3;2*1H. The third kappa shape index (κ3) is 4.88. The Bertz CT molecular complexity index is 754. The molecule has 2 heterocycles. The predicted octanol–water partition coefficient (Wildman–Crippen LogP) is 4.11. The molecule has 1 aliphatic heterocycles. The molecule has 0 spiro atoms. The summed E-state index contributed by atoms with van der Waals surface area (Å²) in [5.41, 5.74) is -0.0813. The molecule has 0 radical (unpaired) electrons. The minimum atomic E-state index is -4.40. The average molecular weight is 428 g/mol. The number of amides is 1. The minimum Gasteiger partial charge on any atom is -0.332 e. The van der Waals surface area contributed by atoms with Crippen molar-refractivity contribution in [2.75, 3.05) is 19.6 Å². The highest BCUT2D eigenvalue weighted by atomic mass is 35.5. The smallest absolute Gasteiger partial charge is 0.332 e. The van der Waals surface area contributed by atoms with Crippen molar-refractivity contribution >= 4 is 42.1 Å². The summed E-state index contributed by atoms with van der Waals surface area (Å²) >= 11 is 1.17. The van der Waals surface area contributed by atoms with Crippen molar-refractivity contribution in [2.45, 2.75) is 19.1 Å². The monoisotopic (exact) mass is 427 g/mol. The number of nitrogens with one attached hydrogen (secondary N) is 1. The lowest BCUT2D eigenvalue weighted by Crippen LogP contribution is -2.52. The van der Waals surface area contributed by atoms with Gasteiger partial charge in [-0.25, -0.2) is 4.98 Å². The molecule has 1 unspecified atom stereocenters. The first-order valence-electron chi connectivity index (χ1n) is 7.51. The number of carbonyl (C=O) groups is 1. The van der Waals surface area contributed by atoms with Gasteiger partial charge in [-0.15, -0.1) is 36.2 Å². The van der Waals surface area contributed by atoms with Crippen molar-refractivity contribution < 1.29 is 18.0 Å². The number of thiazole rings is 1. The number of piperazine rings is 1. The fraction of sp³-hybridized carbons (Fsp3) is 0.375. The lowest BCUT2D eigenvalue weighted by atomic mass is 10.1. The van der Waals surface area contributed by atoms with E-state index in [1.165, 1.54) is 17.4 Å². The fourth-order valence-corrected chi connectivity index (χ4v) is 3.41. The van der Waals surface area contributed by atoms with E-state index in [-0.39, 0.29) is 42.5 Å². The van der Waals surface area contributed by atoms with Crippen LogP contribution in [0.2, 0.25) is 0 Å². The van der Waals surface area contributed by atoms with Crippen molar-refractivity contribution in [3.63, 3.8) is 0 Å². The van der Waals surface area contributed by atoms with E-state index in [4.69, 9.17) is 0 Å². The average Bonchev–Trinajstić information content (AvgIpc) is 3.04. The molecule has 0 bridgehead atoms. The number of carbonyl (C=O) groups excluding carboxylic acids is 1. The number of hydrogen-bond donors (Lipinski definition) is 1. The molecule has 1 aromatic heterocycles. The second kappa shape index (κ2) is 9.03. The summed E-state index contributed by atoms with van der Waals surface area (Å²) in [5, 5.41) is 5.22. The van der Waals surface area contributed by atoms with Gasteiger partial charge in [0.1, 0.15) is 10.7 Å². The number of alkyl halides is 3. The number of rotatable bonds is 2. The molecule has 3 rings (SSSR count). The molecule has 1 saturated heterocycles. The molecule has 1 fully saturated rings. The first-order valence-corrected chi connectivity index (χ1v) is 8.39. The maximum Gasteiger partial charge on any atom is 0.416 e. The van der Waals surface area contributed by atoms with E-state index in [2.05, 4.69) is 10.3 Å². The van der Waals surface area contributed by atoms with Crippen LogP contribution in [0.25, 0.3) is 10.6 Å². The third-order valence-corrected chi connectivity index (χ3v) is 4.81. The van der Waals surface area contributed by atoms with Crippen molar-refractivity contribution in [2.24, 2.45) is 0 Å². The number of hydrogen-bond acceptors (Lipinski definition) is 4. The summed E-state index contributed by atoms with van der Waals surface area (Å²) < 4.78 is 38.5. The molecule has 144 valence electrons. The van der Waals surface area contributed by atoms with Gasteiger partial charge in [0.05, 0.1) is 5.56 Å². The van der Waals surface area contributed by atoms with E-state index >= 15 is 0 Å². The van der Waals surface area contributed by atoms with Gasteiger partial charge < -0.3 is 10.2 Å². The fourth-order valence-electron chi connectivity index (χ4n) is 2.62. The maximum atomic E-state index is 12.8. The van der Waals surface area contributed by atoms with Gasteiger partial charge >= 0.3 is 6.18 Å². The van der Waals surface area contributed by atoms with Crippen molar-refractivity contribution in [1.29, 1.82) is 0 Å². The van der Waals surface area contributed by atoms with E-state index in [1.807, 2.05) is 6.92 Å². The summed E-state index contributed by atoms with van der Waals surface area (Å²) in [4.78, 5) is 18.5. The van der Waals surface area contributed by atoms with Crippen LogP contribution in [0, 0.1) is 0 Å². The van der Waals surface area contributed by atoms with Crippen LogP contribution in [0.15, 0.2) is 29.6 Å². The second-order valence-corrected chi connectivity index (χ2v) is 6.53. The molecule has 4 nitrogen and oxygen atoms in total. The molecule has 10 heteroatoms. The zero-order valence-electron chi connectivity index (χ0n) is 13.7. The zero-order chi connectivity index (χ0) is 17.3.